The van der Waals surface area contributed by atoms with Gasteiger partial charge in [0.05, 0.1) is 5.92 Å². The average molecular weight is 364 g/mol. The number of aromatic nitrogens is 2. The Hall–Kier alpha value is -1.39. The number of aliphatic hydroxyl groups is 1. The molecule has 1 fully saturated rings. The molecule has 24 heavy (non-hydrogen) atoms. The Balaban J connectivity index is 1.95. The molecule has 136 valence electrons. The molecule has 1 aromatic rings. The molecule has 1 heterocycles. The van der Waals surface area contributed by atoms with Gasteiger partial charge in [-0.15, -0.1) is 0 Å². The highest BCUT2D eigenvalue weighted by Crippen LogP contribution is 2.52. The van der Waals surface area contributed by atoms with Crippen LogP contribution >= 0.6 is 0 Å². The fourth-order valence-electron chi connectivity index (χ4n) is 3.13. The maximum Gasteiger partial charge on any atom is 0.435 e. The maximum atomic E-state index is 13.5. The van der Waals surface area contributed by atoms with Crippen LogP contribution in [0, 0.1) is 11.8 Å². The Morgan fingerprint density at radius 2 is 1.79 bits per heavy atom. The second-order valence-electron chi connectivity index (χ2n) is 6.20. The van der Waals surface area contributed by atoms with Crippen LogP contribution in [-0.2, 0) is 19.1 Å². The topological polar surface area (TPSA) is 38.1 Å². The monoisotopic (exact) mass is 364 g/mol. The standard InChI is InChI=1S/C13H12F8N2O/c14-11(15)2-1-7-8(10(11)24)9(13(19,20)21)22-23(7)4-5-3-6(5)12(16,17)18/h5-6,10,24H,1-4H2/t5?,6?,10-/m0/s1. The summed E-state index contributed by atoms with van der Waals surface area (Å²) in [6, 6.07) is 0. The third kappa shape index (κ3) is 2.86. The number of hydrogen-bond acceptors (Lipinski definition) is 2. The molecule has 0 bridgehead atoms. The first-order valence-corrected chi connectivity index (χ1v) is 7.11. The molecule has 0 aromatic carbocycles. The third-order valence-electron chi connectivity index (χ3n) is 4.49. The molecule has 0 radical (unpaired) electrons. The van der Waals surface area contributed by atoms with Gasteiger partial charge in [0.2, 0.25) is 0 Å². The van der Waals surface area contributed by atoms with Gasteiger partial charge in [0.1, 0.15) is 6.10 Å². The van der Waals surface area contributed by atoms with Gasteiger partial charge in [-0.3, -0.25) is 4.68 Å². The van der Waals surface area contributed by atoms with Gasteiger partial charge in [0.25, 0.3) is 5.92 Å². The van der Waals surface area contributed by atoms with Crippen LogP contribution < -0.4 is 0 Å². The number of rotatable bonds is 2. The van der Waals surface area contributed by atoms with Gasteiger partial charge in [-0.1, -0.05) is 0 Å². The summed E-state index contributed by atoms with van der Waals surface area (Å²) in [5.41, 5.74) is -2.95. The zero-order valence-electron chi connectivity index (χ0n) is 11.9. The van der Waals surface area contributed by atoms with Crippen LogP contribution in [0.4, 0.5) is 35.1 Å². The van der Waals surface area contributed by atoms with Crippen molar-refractivity contribution in [1.29, 1.82) is 0 Å². The second-order valence-corrected chi connectivity index (χ2v) is 6.20. The normalized spacial score (nSPS) is 29.5. The maximum absolute atomic E-state index is 13.5. The van der Waals surface area contributed by atoms with Crippen molar-refractivity contribution in [2.24, 2.45) is 11.8 Å². The van der Waals surface area contributed by atoms with Crippen molar-refractivity contribution < 1.29 is 40.2 Å². The SMILES string of the molecule is O[C@H]1c2c(C(F)(F)F)nn(CC3CC3C(F)(F)F)c2CCC1(F)F. The van der Waals surface area contributed by atoms with Crippen LogP contribution in [0.3, 0.4) is 0 Å². The molecular formula is C13H12F8N2O. The first kappa shape index (κ1) is 17.4. The Bertz CT molecular complexity index is 648. The van der Waals surface area contributed by atoms with E-state index in [0.717, 1.165) is 0 Å². The minimum Gasteiger partial charge on any atom is -0.382 e. The molecule has 0 amide bonds. The lowest BCUT2D eigenvalue weighted by Crippen LogP contribution is -2.33. The molecule has 1 N–H and O–H groups in total. The molecule has 0 spiro atoms. The second kappa shape index (κ2) is 5.06. The average Bonchev–Trinajstić information content (AvgIpc) is 3.07. The number of nitrogens with zero attached hydrogens (tertiary/aromatic N) is 2. The van der Waals surface area contributed by atoms with Gasteiger partial charge >= 0.3 is 12.4 Å². The van der Waals surface area contributed by atoms with Crippen LogP contribution in [0.2, 0.25) is 0 Å². The molecule has 3 rings (SSSR count). The van der Waals surface area contributed by atoms with Gasteiger partial charge in [0, 0.05) is 24.2 Å². The summed E-state index contributed by atoms with van der Waals surface area (Å²) in [5, 5.41) is 12.8. The highest BCUT2D eigenvalue weighted by atomic mass is 19.4. The quantitative estimate of drug-likeness (QED) is 0.813. The highest BCUT2D eigenvalue weighted by molar-refractivity contribution is 5.35. The zero-order valence-corrected chi connectivity index (χ0v) is 11.9. The predicted octanol–water partition coefficient (Wildman–Crippen LogP) is 3.72. The van der Waals surface area contributed by atoms with E-state index in [2.05, 4.69) is 5.10 Å². The minimum absolute atomic E-state index is 0.238. The zero-order chi connectivity index (χ0) is 18.1. The summed E-state index contributed by atoms with van der Waals surface area (Å²) in [6.45, 7) is -0.444. The molecule has 2 aliphatic rings. The fourth-order valence-corrected chi connectivity index (χ4v) is 3.13. The number of fused-ring (bicyclic) bond motifs is 1. The molecule has 1 aromatic heterocycles. The van der Waals surface area contributed by atoms with Gasteiger partial charge in [-0.25, -0.2) is 8.78 Å². The summed E-state index contributed by atoms with van der Waals surface area (Å²) in [7, 11) is 0. The van der Waals surface area contributed by atoms with Gasteiger partial charge in [-0.2, -0.15) is 31.4 Å². The summed E-state index contributed by atoms with van der Waals surface area (Å²) >= 11 is 0. The van der Waals surface area contributed by atoms with Crippen molar-refractivity contribution in [3.8, 4) is 0 Å². The van der Waals surface area contributed by atoms with Crippen LogP contribution in [0.25, 0.3) is 0 Å². The van der Waals surface area contributed by atoms with Crippen LogP contribution in [-0.4, -0.2) is 27.0 Å². The van der Waals surface area contributed by atoms with E-state index in [4.69, 9.17) is 0 Å². The Kier molecular flexibility index (Phi) is 3.67. The number of hydrogen-bond donors (Lipinski definition) is 1. The van der Waals surface area contributed by atoms with E-state index in [9.17, 15) is 40.2 Å². The first-order valence-electron chi connectivity index (χ1n) is 7.11. The van der Waals surface area contributed by atoms with E-state index in [1.165, 1.54) is 0 Å². The van der Waals surface area contributed by atoms with Crippen molar-refractivity contribution >= 4 is 0 Å². The summed E-state index contributed by atoms with van der Waals surface area (Å²) < 4.78 is 104. The van der Waals surface area contributed by atoms with Gasteiger partial charge in [0.15, 0.2) is 5.69 Å². The Labute approximate surface area is 130 Å². The van der Waals surface area contributed by atoms with Crippen molar-refractivity contribution in [3.05, 3.63) is 17.0 Å². The van der Waals surface area contributed by atoms with E-state index in [0.29, 0.717) is 4.68 Å². The van der Waals surface area contributed by atoms with Crippen molar-refractivity contribution in [2.45, 2.75) is 50.2 Å². The molecule has 1 saturated carbocycles. The Morgan fingerprint density at radius 3 is 2.29 bits per heavy atom. The van der Waals surface area contributed by atoms with Crippen molar-refractivity contribution in [3.63, 3.8) is 0 Å². The molecular weight excluding hydrogens is 352 g/mol. The van der Waals surface area contributed by atoms with Crippen molar-refractivity contribution in [2.75, 3.05) is 0 Å². The highest BCUT2D eigenvalue weighted by Gasteiger charge is 2.57. The molecule has 3 nitrogen and oxygen atoms in total. The molecule has 0 saturated heterocycles. The van der Waals surface area contributed by atoms with Crippen LogP contribution in [0.15, 0.2) is 0 Å². The third-order valence-corrected chi connectivity index (χ3v) is 4.49. The van der Waals surface area contributed by atoms with Gasteiger partial charge in [-0.05, 0) is 18.8 Å². The number of halogens is 8. The van der Waals surface area contributed by atoms with E-state index >= 15 is 0 Å². The molecule has 2 aliphatic carbocycles. The first-order chi connectivity index (χ1) is 10.8. The Morgan fingerprint density at radius 1 is 1.17 bits per heavy atom. The fraction of sp³-hybridized carbons (Fsp3) is 0.769. The number of alkyl halides is 8. The lowest BCUT2D eigenvalue weighted by Gasteiger charge is -2.28. The molecule has 2 unspecified atom stereocenters. The minimum atomic E-state index is -5.09. The van der Waals surface area contributed by atoms with E-state index in [1.54, 1.807) is 0 Å². The predicted molar refractivity (Wildman–Crippen MR) is 63.1 cm³/mol. The largest absolute Gasteiger partial charge is 0.435 e. The van der Waals surface area contributed by atoms with Crippen molar-refractivity contribution in [1.82, 2.24) is 9.78 Å². The molecule has 0 aliphatic heterocycles. The molecule has 11 heteroatoms. The van der Waals surface area contributed by atoms with E-state index in [-0.39, 0.29) is 12.1 Å². The van der Waals surface area contributed by atoms with E-state index in [1.807, 2.05) is 0 Å². The van der Waals surface area contributed by atoms with Crippen LogP contribution in [0.5, 0.6) is 0 Å². The summed E-state index contributed by atoms with van der Waals surface area (Å²) in [6.07, 6.45) is -13.8. The van der Waals surface area contributed by atoms with E-state index < -0.39 is 66.9 Å². The summed E-state index contributed by atoms with van der Waals surface area (Å²) in [4.78, 5) is 0. The van der Waals surface area contributed by atoms with Gasteiger partial charge < -0.3 is 5.11 Å². The smallest absolute Gasteiger partial charge is 0.382 e. The lowest BCUT2D eigenvalue weighted by atomic mass is 9.89. The molecule has 3 atom stereocenters. The summed E-state index contributed by atoms with van der Waals surface area (Å²) in [5.74, 6) is -6.30. The number of aliphatic hydroxyl groups excluding tert-OH is 1. The lowest BCUT2D eigenvalue weighted by molar-refractivity contribution is -0.152. The van der Waals surface area contributed by atoms with Crippen LogP contribution in [0.1, 0.15) is 35.9 Å².